The van der Waals surface area contributed by atoms with Crippen LogP contribution < -0.4 is 5.32 Å². The number of anilines is 1. The summed E-state index contributed by atoms with van der Waals surface area (Å²) in [5, 5.41) is 9.74. The van der Waals surface area contributed by atoms with Crippen LogP contribution in [-0.2, 0) is 0 Å². The summed E-state index contributed by atoms with van der Waals surface area (Å²) in [6.45, 7) is 1.60. The van der Waals surface area contributed by atoms with Crippen LogP contribution >= 0.6 is 11.5 Å². The zero-order valence-electron chi connectivity index (χ0n) is 8.27. The van der Waals surface area contributed by atoms with Crippen molar-refractivity contribution in [1.82, 2.24) is 14.8 Å². The number of hydrogen-bond acceptors (Lipinski definition) is 5. The van der Waals surface area contributed by atoms with Crippen molar-refractivity contribution in [2.24, 2.45) is 0 Å². The highest BCUT2D eigenvalue weighted by molar-refractivity contribution is 7.09. The molecule has 0 radical (unpaired) electrons. The van der Waals surface area contributed by atoms with Crippen molar-refractivity contribution in [2.75, 3.05) is 5.32 Å². The lowest BCUT2D eigenvalue weighted by molar-refractivity contribution is 0.102. The van der Waals surface area contributed by atoms with Crippen molar-refractivity contribution in [1.29, 1.82) is 0 Å². The Balaban J connectivity index is 2.18. The molecule has 1 aromatic carbocycles. The summed E-state index contributed by atoms with van der Waals surface area (Å²) in [4.78, 5) is 11.7. The number of nitrogens with one attached hydrogen (secondary N) is 1. The molecule has 1 heterocycles. The third-order valence-corrected chi connectivity index (χ3v) is 2.45. The number of aryl methyl sites for hydroxylation is 1. The molecule has 0 aliphatic heterocycles. The molecule has 2 aromatic rings. The molecule has 0 fully saturated rings. The number of carbonyl (C=O) groups is 1. The Hall–Kier alpha value is -1.89. The molecule has 0 aliphatic rings. The molecule has 0 unspecified atom stereocenters. The van der Waals surface area contributed by atoms with Gasteiger partial charge in [-0.25, -0.2) is 4.39 Å². The van der Waals surface area contributed by atoms with E-state index in [1.54, 1.807) is 6.92 Å². The standard InChI is InChI=1S/C9H7FN4OS/c1-5-4-6(2-3-7(5)10)8(15)11-9-12-13-14-16-9/h2-4H,1H3,(H,11,12,14,15). The molecule has 2 rings (SSSR count). The molecule has 0 spiro atoms. The highest BCUT2D eigenvalue weighted by atomic mass is 32.1. The lowest BCUT2D eigenvalue weighted by Gasteiger charge is -2.02. The minimum absolute atomic E-state index is 0.312. The Morgan fingerprint density at radius 1 is 1.50 bits per heavy atom. The van der Waals surface area contributed by atoms with Crippen molar-refractivity contribution < 1.29 is 9.18 Å². The molecule has 0 saturated carbocycles. The SMILES string of the molecule is Cc1cc(C(=O)Nc2nnns2)ccc1F. The average Bonchev–Trinajstić information content (AvgIpc) is 2.74. The lowest BCUT2D eigenvalue weighted by atomic mass is 10.1. The third kappa shape index (κ3) is 2.19. The molecule has 1 aromatic heterocycles. The first-order valence-electron chi connectivity index (χ1n) is 4.39. The van der Waals surface area contributed by atoms with E-state index in [0.29, 0.717) is 16.3 Å². The Bertz CT molecular complexity index is 514. The fraction of sp³-hybridized carbons (Fsp3) is 0.111. The number of halogens is 1. The minimum atomic E-state index is -0.360. The van der Waals surface area contributed by atoms with Gasteiger partial charge in [-0.05, 0) is 35.9 Å². The van der Waals surface area contributed by atoms with Crippen molar-refractivity contribution >= 4 is 22.6 Å². The minimum Gasteiger partial charge on any atom is -0.295 e. The van der Waals surface area contributed by atoms with Crippen molar-refractivity contribution in [3.8, 4) is 0 Å². The van der Waals surface area contributed by atoms with Gasteiger partial charge in [-0.3, -0.25) is 10.1 Å². The van der Waals surface area contributed by atoms with Gasteiger partial charge in [-0.2, -0.15) is 0 Å². The smallest absolute Gasteiger partial charge is 0.257 e. The summed E-state index contributed by atoms with van der Waals surface area (Å²) in [6.07, 6.45) is 0. The number of rotatable bonds is 2. The van der Waals surface area contributed by atoms with E-state index in [9.17, 15) is 9.18 Å². The van der Waals surface area contributed by atoms with Crippen LogP contribution in [-0.4, -0.2) is 20.7 Å². The van der Waals surface area contributed by atoms with Gasteiger partial charge in [0, 0.05) is 17.1 Å². The van der Waals surface area contributed by atoms with Crippen LogP contribution in [0, 0.1) is 12.7 Å². The summed E-state index contributed by atoms with van der Waals surface area (Å²) < 4.78 is 16.5. The normalized spacial score (nSPS) is 10.1. The number of benzene rings is 1. The Labute approximate surface area is 94.5 Å². The third-order valence-electron chi connectivity index (χ3n) is 1.94. The Kier molecular flexibility index (Phi) is 2.86. The van der Waals surface area contributed by atoms with Gasteiger partial charge in [0.1, 0.15) is 5.82 Å². The van der Waals surface area contributed by atoms with Crippen LogP contribution in [0.15, 0.2) is 18.2 Å². The van der Waals surface area contributed by atoms with Crippen LogP contribution in [0.3, 0.4) is 0 Å². The Morgan fingerprint density at radius 3 is 2.94 bits per heavy atom. The lowest BCUT2D eigenvalue weighted by Crippen LogP contribution is -2.12. The van der Waals surface area contributed by atoms with E-state index >= 15 is 0 Å². The average molecular weight is 238 g/mol. The maximum Gasteiger partial charge on any atom is 0.257 e. The zero-order valence-corrected chi connectivity index (χ0v) is 9.08. The molecule has 1 N–H and O–H groups in total. The van der Waals surface area contributed by atoms with Gasteiger partial charge >= 0.3 is 0 Å². The summed E-state index contributed by atoms with van der Waals surface area (Å²) >= 11 is 0.975. The summed E-state index contributed by atoms with van der Waals surface area (Å²) in [5.74, 6) is -0.698. The number of nitrogens with zero attached hydrogens (tertiary/aromatic N) is 3. The van der Waals surface area contributed by atoms with Crippen molar-refractivity contribution in [3.05, 3.63) is 35.1 Å². The predicted molar refractivity (Wildman–Crippen MR) is 56.8 cm³/mol. The molecular weight excluding hydrogens is 231 g/mol. The summed E-state index contributed by atoms with van der Waals surface area (Å²) in [5.41, 5.74) is 0.789. The number of amides is 1. The molecule has 1 amide bonds. The largest absolute Gasteiger partial charge is 0.295 e. The van der Waals surface area contributed by atoms with Gasteiger partial charge in [0.05, 0.1) is 0 Å². The summed E-state index contributed by atoms with van der Waals surface area (Å²) in [7, 11) is 0. The quantitative estimate of drug-likeness (QED) is 0.863. The topological polar surface area (TPSA) is 67.8 Å². The molecule has 0 saturated heterocycles. The Morgan fingerprint density at radius 2 is 2.31 bits per heavy atom. The van der Waals surface area contributed by atoms with E-state index in [0.717, 1.165) is 11.5 Å². The van der Waals surface area contributed by atoms with Crippen LogP contribution in [0.2, 0.25) is 0 Å². The fourth-order valence-corrected chi connectivity index (χ4v) is 1.50. The zero-order chi connectivity index (χ0) is 11.5. The highest BCUT2D eigenvalue weighted by Gasteiger charge is 2.09. The second kappa shape index (κ2) is 4.31. The maximum atomic E-state index is 13.0. The van der Waals surface area contributed by atoms with Crippen LogP contribution in [0.5, 0.6) is 0 Å². The fourth-order valence-electron chi connectivity index (χ4n) is 1.14. The van der Waals surface area contributed by atoms with E-state index in [2.05, 4.69) is 20.1 Å². The molecule has 7 heteroatoms. The van der Waals surface area contributed by atoms with E-state index in [1.807, 2.05) is 0 Å². The molecule has 0 aliphatic carbocycles. The second-order valence-corrected chi connectivity index (χ2v) is 3.82. The molecule has 5 nitrogen and oxygen atoms in total. The summed E-state index contributed by atoms with van der Waals surface area (Å²) in [6, 6.07) is 4.13. The monoisotopic (exact) mass is 238 g/mol. The van der Waals surface area contributed by atoms with Crippen LogP contribution in [0.25, 0.3) is 0 Å². The number of hydrogen-bond donors (Lipinski definition) is 1. The first kappa shape index (κ1) is 10.6. The second-order valence-electron chi connectivity index (χ2n) is 3.09. The predicted octanol–water partition coefficient (Wildman–Crippen LogP) is 1.63. The van der Waals surface area contributed by atoms with Crippen molar-refractivity contribution in [2.45, 2.75) is 6.92 Å². The molecular formula is C9H7FN4OS. The number of aromatic nitrogens is 3. The van der Waals surface area contributed by atoms with E-state index in [1.165, 1.54) is 18.2 Å². The molecule has 0 bridgehead atoms. The van der Waals surface area contributed by atoms with Gasteiger partial charge in [0.15, 0.2) is 0 Å². The van der Waals surface area contributed by atoms with E-state index in [-0.39, 0.29) is 11.7 Å². The van der Waals surface area contributed by atoms with Gasteiger partial charge in [-0.15, -0.1) is 0 Å². The van der Waals surface area contributed by atoms with E-state index in [4.69, 9.17) is 0 Å². The van der Waals surface area contributed by atoms with Gasteiger partial charge < -0.3 is 0 Å². The van der Waals surface area contributed by atoms with Gasteiger partial charge in [-0.1, -0.05) is 9.59 Å². The molecule has 0 atom stereocenters. The van der Waals surface area contributed by atoms with Crippen LogP contribution in [0.1, 0.15) is 15.9 Å². The van der Waals surface area contributed by atoms with Crippen molar-refractivity contribution in [3.63, 3.8) is 0 Å². The molecule has 16 heavy (non-hydrogen) atoms. The first-order chi connectivity index (χ1) is 7.66. The van der Waals surface area contributed by atoms with Gasteiger partial charge in [0.2, 0.25) is 5.13 Å². The van der Waals surface area contributed by atoms with Crippen LogP contribution in [0.4, 0.5) is 9.52 Å². The first-order valence-corrected chi connectivity index (χ1v) is 5.16. The van der Waals surface area contributed by atoms with E-state index < -0.39 is 0 Å². The molecule has 82 valence electrons. The maximum absolute atomic E-state index is 13.0. The van der Waals surface area contributed by atoms with Gasteiger partial charge in [0.25, 0.3) is 5.91 Å². The number of carbonyl (C=O) groups excluding carboxylic acids is 1. The highest BCUT2D eigenvalue weighted by Crippen LogP contribution is 2.12.